The summed E-state index contributed by atoms with van der Waals surface area (Å²) in [6.07, 6.45) is 8.93. The Hall–Kier alpha value is -2.96. The number of hydrogen-bond donors (Lipinski definition) is 1. The van der Waals surface area contributed by atoms with Gasteiger partial charge >= 0.3 is 0 Å². The number of carbonyl (C=O) groups excluding carboxylic acids is 1. The largest absolute Gasteiger partial charge is 0.489 e. The highest BCUT2D eigenvalue weighted by molar-refractivity contribution is 5.91. The molecule has 1 aliphatic rings. The Labute approximate surface area is 183 Å². The minimum atomic E-state index is -0.0863. The Morgan fingerprint density at radius 1 is 1.23 bits per heavy atom. The number of fused-ring (bicyclic) bond motifs is 1. The van der Waals surface area contributed by atoms with Gasteiger partial charge in [0, 0.05) is 30.1 Å². The first-order chi connectivity index (χ1) is 15.0. The van der Waals surface area contributed by atoms with Crippen LogP contribution in [-0.2, 0) is 11.2 Å². The first-order valence-corrected chi connectivity index (χ1v) is 11.2. The molecule has 1 saturated carbocycles. The molecule has 0 spiro atoms. The second-order valence-corrected chi connectivity index (χ2v) is 8.53. The lowest BCUT2D eigenvalue weighted by atomic mass is 9.90. The fourth-order valence-corrected chi connectivity index (χ4v) is 4.40. The van der Waals surface area contributed by atoms with Gasteiger partial charge in [0.1, 0.15) is 0 Å². The molecule has 1 N–H and O–H groups in total. The van der Waals surface area contributed by atoms with Gasteiger partial charge < -0.3 is 10.1 Å². The molecule has 1 amide bonds. The van der Waals surface area contributed by atoms with E-state index in [0.717, 1.165) is 28.3 Å². The molecule has 0 bridgehead atoms. The molecule has 0 atom stereocenters. The summed E-state index contributed by atoms with van der Waals surface area (Å²) in [7, 11) is 0. The van der Waals surface area contributed by atoms with Crippen LogP contribution in [0.15, 0.2) is 24.4 Å². The summed E-state index contributed by atoms with van der Waals surface area (Å²) in [5.41, 5.74) is 4.79. The van der Waals surface area contributed by atoms with E-state index in [1.807, 2.05) is 43.5 Å². The minimum absolute atomic E-state index is 0.0863. The van der Waals surface area contributed by atoms with Crippen molar-refractivity contribution in [1.29, 1.82) is 0 Å². The third kappa shape index (κ3) is 5.03. The highest BCUT2D eigenvalue weighted by atomic mass is 16.5. The summed E-state index contributed by atoms with van der Waals surface area (Å²) in [6.45, 7) is 6.65. The normalized spacial score (nSPS) is 14.7. The number of nitrogens with one attached hydrogen (secondary N) is 1. The predicted molar refractivity (Wildman–Crippen MR) is 120 cm³/mol. The fraction of sp³-hybridized carbons (Fsp3) is 0.500. The van der Waals surface area contributed by atoms with Gasteiger partial charge in [0.05, 0.1) is 12.3 Å². The van der Waals surface area contributed by atoms with Gasteiger partial charge in [-0.25, -0.2) is 14.5 Å². The molecule has 0 unspecified atom stereocenters. The van der Waals surface area contributed by atoms with Gasteiger partial charge in [-0.1, -0.05) is 19.3 Å². The maximum absolute atomic E-state index is 12.7. The SMILES string of the molecule is Cc1cc2nc(C)c(CCC(=O)Nc3ncccc3OCC3CCCCC3)c(C)n2n1. The molecule has 3 aromatic heterocycles. The molecule has 1 aliphatic carbocycles. The highest BCUT2D eigenvalue weighted by Crippen LogP contribution is 2.27. The Kier molecular flexibility index (Phi) is 6.49. The van der Waals surface area contributed by atoms with Gasteiger partial charge in [0.25, 0.3) is 0 Å². The van der Waals surface area contributed by atoms with Crippen LogP contribution < -0.4 is 10.1 Å². The number of nitrogens with zero attached hydrogens (tertiary/aromatic N) is 4. The zero-order chi connectivity index (χ0) is 21.8. The van der Waals surface area contributed by atoms with Crippen LogP contribution in [0.4, 0.5) is 5.82 Å². The minimum Gasteiger partial charge on any atom is -0.489 e. The molecule has 3 aromatic rings. The third-order valence-electron chi connectivity index (χ3n) is 6.12. The molecule has 164 valence electrons. The standard InChI is InChI=1S/C24H31N5O2/c1-16-14-22-26-17(2)20(18(3)29(22)28-16)11-12-23(30)27-24-21(10-7-13-25-24)31-15-19-8-5-4-6-9-19/h7,10,13-14,19H,4-6,8-9,11-12,15H2,1-3H3,(H,25,27,30). The molecule has 1 fully saturated rings. The molecular formula is C24H31N5O2. The van der Waals surface area contributed by atoms with Crippen molar-refractivity contribution >= 4 is 17.4 Å². The molecule has 0 radical (unpaired) electrons. The lowest BCUT2D eigenvalue weighted by molar-refractivity contribution is -0.116. The highest BCUT2D eigenvalue weighted by Gasteiger charge is 2.17. The molecule has 7 nitrogen and oxygen atoms in total. The monoisotopic (exact) mass is 421 g/mol. The van der Waals surface area contributed by atoms with Crippen LogP contribution >= 0.6 is 0 Å². The Balaban J connectivity index is 1.39. The summed E-state index contributed by atoms with van der Waals surface area (Å²) < 4.78 is 7.88. The van der Waals surface area contributed by atoms with E-state index in [1.54, 1.807) is 6.20 Å². The van der Waals surface area contributed by atoms with E-state index in [-0.39, 0.29) is 5.91 Å². The van der Waals surface area contributed by atoms with Crippen molar-refractivity contribution in [3.63, 3.8) is 0 Å². The summed E-state index contributed by atoms with van der Waals surface area (Å²) in [5.74, 6) is 1.64. The first-order valence-electron chi connectivity index (χ1n) is 11.2. The molecule has 0 aromatic carbocycles. The second-order valence-electron chi connectivity index (χ2n) is 8.53. The number of carbonyl (C=O) groups is 1. The number of amides is 1. The quantitative estimate of drug-likeness (QED) is 0.604. The van der Waals surface area contributed by atoms with Crippen LogP contribution in [0.3, 0.4) is 0 Å². The predicted octanol–water partition coefficient (Wildman–Crippen LogP) is 4.58. The van der Waals surface area contributed by atoms with Crippen molar-refractivity contribution in [2.45, 2.75) is 65.7 Å². The van der Waals surface area contributed by atoms with Crippen molar-refractivity contribution in [3.8, 4) is 5.75 Å². The fourth-order valence-electron chi connectivity index (χ4n) is 4.40. The summed E-state index contributed by atoms with van der Waals surface area (Å²) >= 11 is 0. The number of rotatable bonds is 7. The average molecular weight is 422 g/mol. The van der Waals surface area contributed by atoms with Gasteiger partial charge in [-0.2, -0.15) is 5.10 Å². The smallest absolute Gasteiger partial charge is 0.225 e. The zero-order valence-corrected chi connectivity index (χ0v) is 18.6. The van der Waals surface area contributed by atoms with Crippen LogP contribution in [0.1, 0.15) is 61.2 Å². The number of aromatic nitrogens is 4. The van der Waals surface area contributed by atoms with E-state index in [4.69, 9.17) is 4.74 Å². The number of anilines is 1. The molecule has 0 aliphatic heterocycles. The second kappa shape index (κ2) is 9.45. The average Bonchev–Trinajstić information content (AvgIpc) is 3.14. The molecule has 0 saturated heterocycles. The lowest BCUT2D eigenvalue weighted by Gasteiger charge is -2.22. The van der Waals surface area contributed by atoms with Crippen molar-refractivity contribution in [1.82, 2.24) is 19.6 Å². The van der Waals surface area contributed by atoms with Crippen molar-refractivity contribution in [2.75, 3.05) is 11.9 Å². The molecular weight excluding hydrogens is 390 g/mol. The van der Waals surface area contributed by atoms with Gasteiger partial charge in [-0.15, -0.1) is 0 Å². The maximum atomic E-state index is 12.7. The topological polar surface area (TPSA) is 81.4 Å². The number of pyridine rings is 1. The van der Waals surface area contributed by atoms with E-state index in [1.165, 1.54) is 32.1 Å². The summed E-state index contributed by atoms with van der Waals surface area (Å²) in [6, 6.07) is 5.68. The van der Waals surface area contributed by atoms with Gasteiger partial charge in [-0.05, 0) is 63.6 Å². The van der Waals surface area contributed by atoms with Crippen molar-refractivity contribution < 1.29 is 9.53 Å². The molecule has 7 heteroatoms. The molecule has 3 heterocycles. The van der Waals surface area contributed by atoms with Crippen LogP contribution in [0.2, 0.25) is 0 Å². The van der Waals surface area contributed by atoms with E-state index < -0.39 is 0 Å². The first kappa shape index (κ1) is 21.3. The van der Waals surface area contributed by atoms with E-state index in [2.05, 4.69) is 20.4 Å². The van der Waals surface area contributed by atoms with E-state index in [9.17, 15) is 4.79 Å². The van der Waals surface area contributed by atoms with Crippen molar-refractivity contribution in [3.05, 3.63) is 47.0 Å². The number of aryl methyl sites for hydroxylation is 3. The molecule has 31 heavy (non-hydrogen) atoms. The van der Waals surface area contributed by atoms with Gasteiger partial charge in [0.2, 0.25) is 5.91 Å². The zero-order valence-electron chi connectivity index (χ0n) is 18.6. The van der Waals surface area contributed by atoms with Crippen LogP contribution in [0.25, 0.3) is 5.65 Å². The van der Waals surface area contributed by atoms with Gasteiger partial charge in [0.15, 0.2) is 17.2 Å². The van der Waals surface area contributed by atoms with Crippen molar-refractivity contribution in [2.24, 2.45) is 5.92 Å². The van der Waals surface area contributed by atoms with Gasteiger partial charge in [-0.3, -0.25) is 4.79 Å². The van der Waals surface area contributed by atoms with Crippen LogP contribution in [0, 0.1) is 26.7 Å². The van der Waals surface area contributed by atoms with Crippen LogP contribution in [-0.4, -0.2) is 32.1 Å². The summed E-state index contributed by atoms with van der Waals surface area (Å²) in [5, 5.41) is 7.44. The number of ether oxygens (including phenoxy) is 1. The Morgan fingerprint density at radius 2 is 2.03 bits per heavy atom. The number of hydrogen-bond acceptors (Lipinski definition) is 5. The van der Waals surface area contributed by atoms with E-state index in [0.29, 0.717) is 36.9 Å². The lowest BCUT2D eigenvalue weighted by Crippen LogP contribution is -2.18. The van der Waals surface area contributed by atoms with E-state index >= 15 is 0 Å². The Bertz CT molecular complexity index is 1070. The third-order valence-corrected chi connectivity index (χ3v) is 6.12. The Morgan fingerprint density at radius 3 is 2.84 bits per heavy atom. The summed E-state index contributed by atoms with van der Waals surface area (Å²) in [4.78, 5) is 21.7. The maximum Gasteiger partial charge on any atom is 0.225 e. The van der Waals surface area contributed by atoms with Crippen LogP contribution in [0.5, 0.6) is 5.75 Å². The molecule has 4 rings (SSSR count).